The van der Waals surface area contributed by atoms with Gasteiger partial charge in [0.15, 0.2) is 0 Å². The average molecular weight is 330 g/mol. The molecule has 0 aromatic rings. The molecule has 2 N–H and O–H groups in total. The lowest BCUT2D eigenvalue weighted by Gasteiger charge is -2.56. The highest BCUT2D eigenvalue weighted by molar-refractivity contribution is 6.51. The van der Waals surface area contributed by atoms with Gasteiger partial charge in [0.05, 0.1) is 11.7 Å². The fraction of sp³-hybridized carbons (Fsp3) is 0.600. The summed E-state index contributed by atoms with van der Waals surface area (Å²) in [7, 11) is 0. The first-order chi connectivity index (χ1) is 11.0. The molecular formula is C20H26O4. The van der Waals surface area contributed by atoms with Crippen molar-refractivity contribution in [1.82, 2.24) is 0 Å². The molecule has 0 heterocycles. The number of aliphatic hydroxyl groups is 2. The minimum absolute atomic E-state index is 0.0240. The minimum Gasteiger partial charge on any atom is -0.507 e. The van der Waals surface area contributed by atoms with Gasteiger partial charge in [0, 0.05) is 16.6 Å². The summed E-state index contributed by atoms with van der Waals surface area (Å²) in [5.74, 6) is -1.43. The van der Waals surface area contributed by atoms with Gasteiger partial charge in [-0.1, -0.05) is 33.8 Å². The molecule has 4 nitrogen and oxygen atoms in total. The molecule has 0 aliphatic heterocycles. The van der Waals surface area contributed by atoms with Crippen LogP contribution < -0.4 is 0 Å². The molecule has 4 heteroatoms. The Morgan fingerprint density at radius 2 is 1.79 bits per heavy atom. The SMILES string of the molecule is C=C(C)C1=C(O)C2=C(C(=O)C1=O)[C@@]1(C)CCCC(C)(C)[C@@H]1C[C@@H]2O. The van der Waals surface area contributed by atoms with Gasteiger partial charge in [-0.2, -0.15) is 0 Å². The molecule has 130 valence electrons. The van der Waals surface area contributed by atoms with E-state index < -0.39 is 23.1 Å². The van der Waals surface area contributed by atoms with E-state index in [1.165, 1.54) is 0 Å². The second-order valence-corrected chi connectivity index (χ2v) is 8.51. The second kappa shape index (κ2) is 5.16. The third-order valence-electron chi connectivity index (χ3n) is 6.44. The first-order valence-electron chi connectivity index (χ1n) is 8.63. The zero-order valence-corrected chi connectivity index (χ0v) is 14.9. The van der Waals surface area contributed by atoms with Gasteiger partial charge < -0.3 is 10.2 Å². The van der Waals surface area contributed by atoms with Gasteiger partial charge >= 0.3 is 0 Å². The van der Waals surface area contributed by atoms with E-state index in [9.17, 15) is 19.8 Å². The van der Waals surface area contributed by atoms with Crippen molar-refractivity contribution >= 4 is 11.6 Å². The third-order valence-corrected chi connectivity index (χ3v) is 6.44. The molecule has 3 atom stereocenters. The zero-order chi connectivity index (χ0) is 18.0. The van der Waals surface area contributed by atoms with Crippen molar-refractivity contribution in [3.05, 3.63) is 34.6 Å². The molecule has 3 aliphatic carbocycles. The van der Waals surface area contributed by atoms with Crippen LogP contribution in [-0.4, -0.2) is 27.9 Å². The standard InChI is InChI=1S/C20H26O4/c1-10(2)13-16(22)14-11(21)9-12-19(3,4)7-6-8-20(12,5)15(14)18(24)17(13)23/h11-12,21-22H,1,6-9H2,2-5H3/t11-,12-,20-/m0/s1. The summed E-state index contributed by atoms with van der Waals surface area (Å²) in [5, 5.41) is 21.4. The number of rotatable bonds is 1. The number of carbonyl (C=O) groups excluding carboxylic acids is 2. The highest BCUT2D eigenvalue weighted by Gasteiger charge is 2.57. The van der Waals surface area contributed by atoms with E-state index in [1.54, 1.807) is 6.92 Å². The molecule has 0 aromatic heterocycles. The average Bonchev–Trinajstić information content (AvgIpc) is 2.45. The molecule has 0 spiro atoms. The maximum Gasteiger partial charge on any atom is 0.237 e. The smallest absolute Gasteiger partial charge is 0.237 e. The topological polar surface area (TPSA) is 74.6 Å². The van der Waals surface area contributed by atoms with Crippen LogP contribution in [0.1, 0.15) is 53.4 Å². The zero-order valence-electron chi connectivity index (χ0n) is 14.9. The van der Waals surface area contributed by atoms with Crippen LogP contribution in [0.5, 0.6) is 0 Å². The van der Waals surface area contributed by atoms with Crippen molar-refractivity contribution in [3.8, 4) is 0 Å². The molecule has 0 unspecified atom stereocenters. The molecule has 1 fully saturated rings. The van der Waals surface area contributed by atoms with Crippen molar-refractivity contribution in [2.75, 3.05) is 0 Å². The summed E-state index contributed by atoms with van der Waals surface area (Å²) in [6.45, 7) is 11.6. The van der Waals surface area contributed by atoms with E-state index in [1.807, 2.05) is 6.92 Å². The maximum atomic E-state index is 12.9. The molecule has 3 rings (SSSR count). The normalized spacial score (nSPS) is 35.7. The minimum atomic E-state index is -0.929. The fourth-order valence-corrected chi connectivity index (χ4v) is 5.34. The molecule has 1 saturated carbocycles. The lowest BCUT2D eigenvalue weighted by molar-refractivity contribution is -0.134. The number of allylic oxidation sites excluding steroid dienone is 3. The van der Waals surface area contributed by atoms with Crippen molar-refractivity contribution in [3.63, 3.8) is 0 Å². The van der Waals surface area contributed by atoms with Crippen LogP contribution in [-0.2, 0) is 9.59 Å². The molecule has 0 aromatic carbocycles. The Kier molecular flexibility index (Phi) is 3.69. The lowest BCUT2D eigenvalue weighted by atomic mass is 9.48. The quantitative estimate of drug-likeness (QED) is 0.571. The van der Waals surface area contributed by atoms with Crippen LogP contribution in [0.15, 0.2) is 34.6 Å². The second-order valence-electron chi connectivity index (χ2n) is 8.51. The first-order valence-corrected chi connectivity index (χ1v) is 8.63. The van der Waals surface area contributed by atoms with E-state index in [4.69, 9.17) is 0 Å². The molecule has 24 heavy (non-hydrogen) atoms. The number of Topliss-reactive ketones (excluding diaryl/α,β-unsaturated/α-hetero) is 2. The van der Waals surface area contributed by atoms with Gasteiger partial charge in [0.1, 0.15) is 5.76 Å². The predicted octanol–water partition coefficient (Wildman–Crippen LogP) is 3.42. The Labute approximate surface area is 142 Å². The predicted molar refractivity (Wildman–Crippen MR) is 91.4 cm³/mol. The van der Waals surface area contributed by atoms with Gasteiger partial charge in [-0.05, 0) is 43.1 Å². The maximum absolute atomic E-state index is 12.9. The Bertz CT molecular complexity index is 722. The highest BCUT2D eigenvalue weighted by atomic mass is 16.3. The summed E-state index contributed by atoms with van der Waals surface area (Å²) in [5.41, 5.74) is 0.387. The third kappa shape index (κ3) is 2.08. The Morgan fingerprint density at radius 3 is 2.38 bits per heavy atom. The van der Waals surface area contributed by atoms with E-state index in [0.717, 1.165) is 19.3 Å². The lowest BCUT2D eigenvalue weighted by Crippen LogP contribution is -2.52. The molecular weight excluding hydrogens is 304 g/mol. The molecule has 3 aliphatic rings. The molecule has 0 radical (unpaired) electrons. The number of fused-ring (bicyclic) bond motifs is 2. The Balaban J connectivity index is 2.29. The van der Waals surface area contributed by atoms with E-state index in [2.05, 4.69) is 20.4 Å². The van der Waals surface area contributed by atoms with Gasteiger partial charge in [0.25, 0.3) is 0 Å². The van der Waals surface area contributed by atoms with Crippen LogP contribution in [0.25, 0.3) is 0 Å². The van der Waals surface area contributed by atoms with Gasteiger partial charge in [-0.15, -0.1) is 0 Å². The van der Waals surface area contributed by atoms with E-state index >= 15 is 0 Å². The van der Waals surface area contributed by atoms with Gasteiger partial charge in [-0.25, -0.2) is 0 Å². The van der Waals surface area contributed by atoms with Gasteiger partial charge in [-0.3, -0.25) is 9.59 Å². The summed E-state index contributed by atoms with van der Waals surface area (Å²) in [4.78, 5) is 25.5. The van der Waals surface area contributed by atoms with Crippen molar-refractivity contribution in [2.24, 2.45) is 16.7 Å². The molecule has 0 bridgehead atoms. The molecule has 0 amide bonds. The van der Waals surface area contributed by atoms with Crippen molar-refractivity contribution < 1.29 is 19.8 Å². The largest absolute Gasteiger partial charge is 0.507 e. The monoisotopic (exact) mass is 330 g/mol. The summed E-state index contributed by atoms with van der Waals surface area (Å²) < 4.78 is 0. The number of ketones is 2. The molecule has 0 saturated heterocycles. The van der Waals surface area contributed by atoms with Crippen LogP contribution in [0.3, 0.4) is 0 Å². The van der Waals surface area contributed by atoms with Crippen molar-refractivity contribution in [2.45, 2.75) is 59.5 Å². The van der Waals surface area contributed by atoms with Crippen LogP contribution in [0.4, 0.5) is 0 Å². The fourth-order valence-electron chi connectivity index (χ4n) is 5.34. The summed E-state index contributed by atoms with van der Waals surface area (Å²) >= 11 is 0. The summed E-state index contributed by atoms with van der Waals surface area (Å²) in [6, 6.07) is 0. The number of carbonyl (C=O) groups is 2. The number of aliphatic hydroxyl groups excluding tert-OH is 2. The Morgan fingerprint density at radius 1 is 1.17 bits per heavy atom. The van der Waals surface area contributed by atoms with Crippen LogP contribution >= 0.6 is 0 Å². The van der Waals surface area contributed by atoms with Crippen LogP contribution in [0.2, 0.25) is 0 Å². The summed E-state index contributed by atoms with van der Waals surface area (Å²) in [6.07, 6.45) is 2.36. The van der Waals surface area contributed by atoms with E-state index in [0.29, 0.717) is 17.6 Å². The highest BCUT2D eigenvalue weighted by Crippen LogP contribution is 2.61. The van der Waals surface area contributed by atoms with E-state index in [-0.39, 0.29) is 28.2 Å². The Hall–Kier alpha value is -1.68. The van der Waals surface area contributed by atoms with Gasteiger partial charge in [0.2, 0.25) is 11.6 Å². The number of hydrogen-bond acceptors (Lipinski definition) is 4. The number of hydrogen-bond donors (Lipinski definition) is 2. The van der Waals surface area contributed by atoms with Crippen molar-refractivity contribution in [1.29, 1.82) is 0 Å². The first kappa shape index (κ1) is 17.2. The van der Waals surface area contributed by atoms with Crippen LogP contribution in [0, 0.1) is 16.7 Å².